The average Bonchev–Trinajstić information content (AvgIpc) is 3.08. The third-order valence-corrected chi connectivity index (χ3v) is 5.60. The molecule has 156 valence electrons. The highest BCUT2D eigenvalue weighted by atomic mass is 32.2. The first-order valence-electron chi connectivity index (χ1n) is 9.34. The van der Waals surface area contributed by atoms with Gasteiger partial charge < -0.3 is 9.72 Å². The van der Waals surface area contributed by atoms with Crippen molar-refractivity contribution in [1.82, 2.24) is 4.98 Å². The molecule has 1 aromatic heterocycles. The number of benzene rings is 2. The number of nitrogens with one attached hydrogen (secondary N) is 1. The Bertz CT molecular complexity index is 1270. The molecule has 3 rings (SSSR count). The van der Waals surface area contributed by atoms with E-state index in [1.54, 1.807) is 38.1 Å². The van der Waals surface area contributed by atoms with Gasteiger partial charge in [-0.3, -0.25) is 0 Å². The van der Waals surface area contributed by atoms with Crippen molar-refractivity contribution in [3.63, 3.8) is 0 Å². The maximum Gasteiger partial charge on any atom is 0.355 e. The fourth-order valence-corrected chi connectivity index (χ4v) is 4.23. The number of aromatic nitrogens is 1. The number of rotatable bonds is 6. The first kappa shape index (κ1) is 21.5. The average molecular weight is 428 g/mol. The van der Waals surface area contributed by atoms with Crippen molar-refractivity contribution in [3.05, 3.63) is 59.0 Å². The molecule has 0 aliphatic heterocycles. The lowest BCUT2D eigenvalue weighted by Crippen LogP contribution is -2.07. The number of fused-ring (bicyclic) bond motifs is 1. The molecule has 6 nitrogen and oxygen atoms in total. The van der Waals surface area contributed by atoms with Crippen LogP contribution in [0.1, 0.15) is 41.4 Å². The lowest BCUT2D eigenvalue weighted by molar-refractivity contribution is 0.0521. The number of ether oxygens (including phenoxy) is 1. The number of nitriles is 1. The van der Waals surface area contributed by atoms with E-state index in [4.69, 9.17) is 4.74 Å². The smallest absolute Gasteiger partial charge is 0.355 e. The number of halogens is 1. The minimum absolute atomic E-state index is 0.0533. The molecule has 8 heteroatoms. The van der Waals surface area contributed by atoms with E-state index in [1.807, 2.05) is 0 Å². The fourth-order valence-electron chi connectivity index (χ4n) is 3.43. The third-order valence-electron chi connectivity index (χ3n) is 4.77. The van der Waals surface area contributed by atoms with E-state index in [2.05, 4.69) is 11.1 Å². The van der Waals surface area contributed by atoms with Gasteiger partial charge in [-0.2, -0.15) is 5.26 Å². The van der Waals surface area contributed by atoms with Gasteiger partial charge in [-0.25, -0.2) is 17.6 Å². The molecular formula is C22H21FN2O4S. The van der Waals surface area contributed by atoms with Gasteiger partial charge in [0.1, 0.15) is 11.5 Å². The van der Waals surface area contributed by atoms with Crippen LogP contribution in [0.5, 0.6) is 0 Å². The molecule has 0 saturated carbocycles. The molecule has 2 aromatic carbocycles. The maximum absolute atomic E-state index is 14.7. The Balaban J connectivity index is 2.26. The Morgan fingerprint density at radius 1 is 1.30 bits per heavy atom. The zero-order chi connectivity index (χ0) is 22.1. The summed E-state index contributed by atoms with van der Waals surface area (Å²) in [5.41, 5.74) is 2.37. The van der Waals surface area contributed by atoms with Crippen LogP contribution in [0.15, 0.2) is 36.4 Å². The fraction of sp³-hybridized carbons (Fsp3) is 0.273. The van der Waals surface area contributed by atoms with Crippen molar-refractivity contribution >= 4 is 26.7 Å². The van der Waals surface area contributed by atoms with Crippen LogP contribution in [0.3, 0.4) is 0 Å². The monoisotopic (exact) mass is 428 g/mol. The van der Waals surface area contributed by atoms with Gasteiger partial charge in [0.05, 0.1) is 29.9 Å². The molecule has 0 spiro atoms. The van der Waals surface area contributed by atoms with Gasteiger partial charge in [0, 0.05) is 22.8 Å². The van der Waals surface area contributed by atoms with Gasteiger partial charge in [-0.1, -0.05) is 30.3 Å². The van der Waals surface area contributed by atoms with Crippen molar-refractivity contribution in [2.75, 3.05) is 12.9 Å². The standard InChI is InChI=1S/C22H21FN2O4S/c1-4-29-22(26)21-19(14-8-9-15(18(23)10-14)12-30(3,27)28)17-7-5-6-16(13(2)11-24)20(17)25-21/h5-10,13,25H,4,12H2,1-3H3. The molecule has 0 aliphatic rings. The Labute approximate surface area is 174 Å². The highest BCUT2D eigenvalue weighted by Crippen LogP contribution is 2.37. The van der Waals surface area contributed by atoms with Crippen LogP contribution in [0.25, 0.3) is 22.0 Å². The van der Waals surface area contributed by atoms with Crippen molar-refractivity contribution in [1.29, 1.82) is 5.26 Å². The molecule has 3 aromatic rings. The van der Waals surface area contributed by atoms with E-state index in [0.717, 1.165) is 6.26 Å². The molecule has 0 saturated heterocycles. The molecule has 0 bridgehead atoms. The summed E-state index contributed by atoms with van der Waals surface area (Å²) < 4.78 is 42.9. The van der Waals surface area contributed by atoms with Crippen molar-refractivity contribution in [3.8, 4) is 17.2 Å². The molecule has 0 radical (unpaired) electrons. The molecule has 1 N–H and O–H groups in total. The Morgan fingerprint density at radius 3 is 2.63 bits per heavy atom. The van der Waals surface area contributed by atoms with Crippen LogP contribution in [-0.2, 0) is 20.3 Å². The molecule has 0 aliphatic carbocycles. The second-order valence-corrected chi connectivity index (χ2v) is 9.23. The zero-order valence-corrected chi connectivity index (χ0v) is 17.6. The highest BCUT2D eigenvalue weighted by molar-refractivity contribution is 7.89. The molecule has 30 heavy (non-hydrogen) atoms. The van der Waals surface area contributed by atoms with Gasteiger partial charge in [0.2, 0.25) is 0 Å². The summed E-state index contributed by atoms with van der Waals surface area (Å²) in [6.07, 6.45) is 1.04. The Morgan fingerprint density at radius 2 is 2.03 bits per heavy atom. The molecule has 0 amide bonds. The molecule has 1 atom stereocenters. The second-order valence-electron chi connectivity index (χ2n) is 7.09. The van der Waals surface area contributed by atoms with E-state index >= 15 is 0 Å². The lowest BCUT2D eigenvalue weighted by atomic mass is 9.96. The van der Waals surface area contributed by atoms with Crippen molar-refractivity contribution < 1.29 is 22.3 Å². The number of aromatic amines is 1. The van der Waals surface area contributed by atoms with Crippen LogP contribution in [0.4, 0.5) is 4.39 Å². The van der Waals surface area contributed by atoms with Crippen molar-refractivity contribution in [2.24, 2.45) is 0 Å². The molecule has 0 fully saturated rings. The number of para-hydroxylation sites is 1. The Hall–Kier alpha value is -3.18. The second kappa shape index (κ2) is 8.28. The summed E-state index contributed by atoms with van der Waals surface area (Å²) in [4.78, 5) is 15.7. The summed E-state index contributed by atoms with van der Waals surface area (Å²) in [6, 6.07) is 11.7. The minimum atomic E-state index is -3.40. The Kier molecular flexibility index (Phi) is 5.94. The summed E-state index contributed by atoms with van der Waals surface area (Å²) in [7, 11) is -3.40. The quantitative estimate of drug-likeness (QED) is 0.589. The van der Waals surface area contributed by atoms with E-state index in [0.29, 0.717) is 27.6 Å². The topological polar surface area (TPSA) is 100 Å². The number of sulfone groups is 1. The number of carbonyl (C=O) groups is 1. The minimum Gasteiger partial charge on any atom is -0.461 e. The van der Waals surface area contributed by atoms with E-state index < -0.39 is 33.3 Å². The van der Waals surface area contributed by atoms with Gasteiger partial charge in [0.15, 0.2) is 9.84 Å². The van der Waals surface area contributed by atoms with Crippen LogP contribution < -0.4 is 0 Å². The number of esters is 1. The number of hydrogen-bond donors (Lipinski definition) is 1. The lowest BCUT2D eigenvalue weighted by Gasteiger charge is -2.08. The zero-order valence-electron chi connectivity index (χ0n) is 16.8. The SMILES string of the molecule is CCOC(=O)c1[nH]c2c(C(C)C#N)cccc2c1-c1ccc(CS(C)(=O)=O)c(F)c1. The summed E-state index contributed by atoms with van der Waals surface area (Å²) in [5, 5.41) is 9.99. The maximum atomic E-state index is 14.7. The highest BCUT2D eigenvalue weighted by Gasteiger charge is 2.23. The summed E-state index contributed by atoms with van der Waals surface area (Å²) >= 11 is 0. The predicted octanol–water partition coefficient (Wildman–Crippen LogP) is 4.32. The third kappa shape index (κ3) is 4.21. The van der Waals surface area contributed by atoms with Gasteiger partial charge in [-0.15, -0.1) is 0 Å². The molecular weight excluding hydrogens is 407 g/mol. The van der Waals surface area contributed by atoms with E-state index in [9.17, 15) is 22.9 Å². The molecule has 1 heterocycles. The molecule has 1 unspecified atom stereocenters. The summed E-state index contributed by atoms with van der Waals surface area (Å²) in [6.45, 7) is 3.60. The van der Waals surface area contributed by atoms with E-state index in [-0.39, 0.29) is 17.9 Å². The van der Waals surface area contributed by atoms with Crippen LogP contribution in [0, 0.1) is 17.1 Å². The largest absolute Gasteiger partial charge is 0.461 e. The number of nitrogens with zero attached hydrogens (tertiary/aromatic N) is 1. The van der Waals surface area contributed by atoms with Gasteiger partial charge >= 0.3 is 5.97 Å². The first-order valence-corrected chi connectivity index (χ1v) is 11.4. The van der Waals surface area contributed by atoms with Gasteiger partial charge in [-0.05, 0) is 31.0 Å². The number of carbonyl (C=O) groups excluding carboxylic acids is 1. The predicted molar refractivity (Wildman–Crippen MR) is 112 cm³/mol. The van der Waals surface area contributed by atoms with Crippen molar-refractivity contribution in [2.45, 2.75) is 25.5 Å². The number of hydrogen-bond acceptors (Lipinski definition) is 5. The number of H-pyrrole nitrogens is 1. The van der Waals surface area contributed by atoms with Crippen LogP contribution >= 0.6 is 0 Å². The van der Waals surface area contributed by atoms with Crippen LogP contribution in [0.2, 0.25) is 0 Å². The van der Waals surface area contributed by atoms with E-state index in [1.165, 1.54) is 12.1 Å². The first-order chi connectivity index (χ1) is 14.2. The normalized spacial score (nSPS) is 12.5. The van der Waals surface area contributed by atoms with Crippen LogP contribution in [-0.4, -0.2) is 32.2 Å². The summed E-state index contributed by atoms with van der Waals surface area (Å²) in [5.74, 6) is -2.12. The van der Waals surface area contributed by atoms with Gasteiger partial charge in [0.25, 0.3) is 0 Å².